The van der Waals surface area contributed by atoms with E-state index in [0.717, 1.165) is 35.5 Å². The highest BCUT2D eigenvalue weighted by atomic mass is 35.5. The summed E-state index contributed by atoms with van der Waals surface area (Å²) in [6.45, 7) is 3.18. The molecule has 0 aromatic heterocycles. The van der Waals surface area contributed by atoms with Gasteiger partial charge in [-0.15, -0.1) is 0 Å². The third-order valence-electron chi connectivity index (χ3n) is 3.77. The second-order valence-corrected chi connectivity index (χ2v) is 5.30. The largest absolute Gasteiger partial charge is 0.486 e. The lowest BCUT2D eigenvalue weighted by atomic mass is 9.71. The molecule has 1 heterocycles. The second-order valence-electron chi connectivity index (χ2n) is 4.89. The van der Waals surface area contributed by atoms with Crippen LogP contribution in [-0.4, -0.2) is 13.2 Å². The van der Waals surface area contributed by atoms with E-state index in [1.165, 1.54) is 6.42 Å². The van der Waals surface area contributed by atoms with Crippen LogP contribution < -0.4 is 15.2 Å². The molecule has 0 unspecified atom stereocenters. The molecular weight excluding hydrogens is 238 g/mol. The second kappa shape index (κ2) is 3.79. The van der Waals surface area contributed by atoms with Crippen molar-refractivity contribution in [2.75, 3.05) is 13.2 Å². The van der Waals surface area contributed by atoms with Gasteiger partial charge < -0.3 is 15.2 Å². The van der Waals surface area contributed by atoms with E-state index in [-0.39, 0.29) is 5.54 Å². The molecule has 4 heteroatoms. The van der Waals surface area contributed by atoms with Gasteiger partial charge in [0.1, 0.15) is 13.2 Å². The average Bonchev–Trinajstić information content (AvgIpc) is 2.26. The summed E-state index contributed by atoms with van der Waals surface area (Å²) < 4.78 is 11.2. The summed E-state index contributed by atoms with van der Waals surface area (Å²) in [4.78, 5) is 0. The number of rotatable bonds is 1. The van der Waals surface area contributed by atoms with E-state index in [2.05, 4.69) is 0 Å². The van der Waals surface area contributed by atoms with Gasteiger partial charge in [0.05, 0.1) is 0 Å². The molecule has 1 aliphatic carbocycles. The molecular formula is C13H16ClNO2. The Morgan fingerprint density at radius 2 is 2.00 bits per heavy atom. The summed E-state index contributed by atoms with van der Waals surface area (Å²) in [5.41, 5.74) is 8.18. The quantitative estimate of drug-likeness (QED) is 0.837. The number of halogens is 1. The molecule has 2 N–H and O–H groups in total. The molecule has 1 aromatic carbocycles. The maximum atomic E-state index is 6.38. The lowest BCUT2D eigenvalue weighted by molar-refractivity contribution is 0.168. The number of hydrogen-bond acceptors (Lipinski definition) is 3. The molecule has 1 aliphatic heterocycles. The summed E-state index contributed by atoms with van der Waals surface area (Å²) in [5.74, 6) is 1.55. The molecule has 0 spiro atoms. The summed E-state index contributed by atoms with van der Waals surface area (Å²) in [6, 6.07) is 1.84. The van der Waals surface area contributed by atoms with Crippen molar-refractivity contribution in [1.29, 1.82) is 0 Å². The van der Waals surface area contributed by atoms with Crippen molar-refractivity contribution in [2.24, 2.45) is 5.73 Å². The zero-order valence-corrected chi connectivity index (χ0v) is 10.6. The molecule has 1 fully saturated rings. The van der Waals surface area contributed by atoms with E-state index < -0.39 is 0 Å². The van der Waals surface area contributed by atoms with Crippen LogP contribution in [0, 0.1) is 6.92 Å². The van der Waals surface area contributed by atoms with E-state index >= 15 is 0 Å². The minimum Gasteiger partial charge on any atom is -0.486 e. The van der Waals surface area contributed by atoms with Crippen molar-refractivity contribution in [1.82, 2.24) is 0 Å². The molecule has 0 saturated heterocycles. The van der Waals surface area contributed by atoms with Gasteiger partial charge in [-0.25, -0.2) is 0 Å². The van der Waals surface area contributed by atoms with Crippen LogP contribution >= 0.6 is 11.6 Å². The number of ether oxygens (including phenoxy) is 2. The fraction of sp³-hybridized carbons (Fsp3) is 0.538. The van der Waals surface area contributed by atoms with E-state index in [4.69, 9.17) is 26.8 Å². The highest BCUT2D eigenvalue weighted by molar-refractivity contribution is 6.31. The molecule has 0 atom stereocenters. The Bertz CT molecular complexity index is 469. The zero-order valence-electron chi connectivity index (χ0n) is 9.88. The predicted molar refractivity (Wildman–Crippen MR) is 66.9 cm³/mol. The first-order valence-electron chi connectivity index (χ1n) is 6.00. The molecule has 1 aromatic rings. The van der Waals surface area contributed by atoms with Crippen LogP contribution in [0.1, 0.15) is 30.4 Å². The van der Waals surface area contributed by atoms with Crippen LogP contribution in [0.15, 0.2) is 6.07 Å². The van der Waals surface area contributed by atoms with Crippen LogP contribution in [0.4, 0.5) is 0 Å². The summed E-state index contributed by atoms with van der Waals surface area (Å²) in [7, 11) is 0. The van der Waals surface area contributed by atoms with Gasteiger partial charge in [-0.05, 0) is 31.7 Å². The van der Waals surface area contributed by atoms with Gasteiger partial charge >= 0.3 is 0 Å². The Kier molecular flexibility index (Phi) is 2.49. The maximum Gasteiger partial charge on any atom is 0.164 e. The Labute approximate surface area is 106 Å². The standard InChI is InChI=1S/C13H16ClNO2/c1-8-11(13(15)3-2-4-13)9(14)7-10-12(8)17-6-5-16-10/h7H,2-6,15H2,1H3. The molecule has 2 aliphatic rings. The van der Waals surface area contributed by atoms with Crippen molar-refractivity contribution < 1.29 is 9.47 Å². The molecule has 1 saturated carbocycles. The first kappa shape index (κ1) is 11.2. The van der Waals surface area contributed by atoms with Crippen LogP contribution in [0.3, 0.4) is 0 Å². The van der Waals surface area contributed by atoms with Crippen molar-refractivity contribution in [2.45, 2.75) is 31.7 Å². The highest BCUT2D eigenvalue weighted by Crippen LogP contribution is 2.48. The van der Waals surface area contributed by atoms with Crippen molar-refractivity contribution in [3.8, 4) is 11.5 Å². The Morgan fingerprint density at radius 3 is 2.65 bits per heavy atom. The normalized spacial score (nSPS) is 20.9. The van der Waals surface area contributed by atoms with Gasteiger partial charge in [0, 0.05) is 22.2 Å². The maximum absolute atomic E-state index is 6.38. The minimum absolute atomic E-state index is 0.267. The Hall–Kier alpha value is -0.930. The van der Waals surface area contributed by atoms with E-state index in [0.29, 0.717) is 18.2 Å². The predicted octanol–water partition coefficient (Wildman–Crippen LogP) is 2.76. The van der Waals surface area contributed by atoms with E-state index in [1.54, 1.807) is 0 Å². The molecule has 3 nitrogen and oxygen atoms in total. The molecule has 0 amide bonds. The van der Waals surface area contributed by atoms with Gasteiger partial charge in [0.2, 0.25) is 0 Å². The van der Waals surface area contributed by atoms with Crippen LogP contribution in [-0.2, 0) is 5.54 Å². The third kappa shape index (κ3) is 1.60. The first-order chi connectivity index (χ1) is 8.12. The van der Waals surface area contributed by atoms with E-state index in [9.17, 15) is 0 Å². The van der Waals surface area contributed by atoms with E-state index in [1.807, 2.05) is 13.0 Å². The van der Waals surface area contributed by atoms with Crippen LogP contribution in [0.5, 0.6) is 11.5 Å². The Balaban J connectivity index is 2.15. The van der Waals surface area contributed by atoms with Gasteiger partial charge in [-0.2, -0.15) is 0 Å². The average molecular weight is 254 g/mol. The highest BCUT2D eigenvalue weighted by Gasteiger charge is 2.39. The fourth-order valence-electron chi connectivity index (χ4n) is 2.73. The van der Waals surface area contributed by atoms with Gasteiger partial charge in [-0.1, -0.05) is 11.6 Å². The SMILES string of the molecule is Cc1c2c(cc(Cl)c1C1(N)CCC1)OCCO2. The van der Waals surface area contributed by atoms with Crippen molar-refractivity contribution in [3.05, 3.63) is 22.2 Å². The monoisotopic (exact) mass is 253 g/mol. The molecule has 0 radical (unpaired) electrons. The number of hydrogen-bond donors (Lipinski definition) is 1. The smallest absolute Gasteiger partial charge is 0.164 e. The number of fused-ring (bicyclic) bond motifs is 1. The third-order valence-corrected chi connectivity index (χ3v) is 4.07. The lowest BCUT2D eigenvalue weighted by Crippen LogP contribution is -2.44. The molecule has 3 rings (SSSR count). The number of nitrogens with two attached hydrogens (primary N) is 1. The van der Waals surface area contributed by atoms with Gasteiger partial charge in [0.25, 0.3) is 0 Å². The first-order valence-corrected chi connectivity index (χ1v) is 6.38. The number of benzene rings is 1. The Morgan fingerprint density at radius 1 is 1.29 bits per heavy atom. The summed E-state index contributed by atoms with van der Waals surface area (Å²) in [6.07, 6.45) is 3.15. The zero-order chi connectivity index (χ0) is 12.0. The summed E-state index contributed by atoms with van der Waals surface area (Å²) in [5, 5.41) is 0.703. The molecule has 92 valence electrons. The fourth-order valence-corrected chi connectivity index (χ4v) is 3.16. The minimum atomic E-state index is -0.267. The molecule has 17 heavy (non-hydrogen) atoms. The molecule has 0 bridgehead atoms. The van der Waals surface area contributed by atoms with Crippen molar-refractivity contribution in [3.63, 3.8) is 0 Å². The topological polar surface area (TPSA) is 44.5 Å². The van der Waals surface area contributed by atoms with Crippen LogP contribution in [0.25, 0.3) is 0 Å². The lowest BCUT2D eigenvalue weighted by Gasteiger charge is -2.41. The van der Waals surface area contributed by atoms with Crippen molar-refractivity contribution >= 4 is 11.6 Å². The van der Waals surface area contributed by atoms with Gasteiger partial charge in [-0.3, -0.25) is 0 Å². The van der Waals surface area contributed by atoms with Crippen LogP contribution in [0.2, 0.25) is 5.02 Å². The summed E-state index contributed by atoms with van der Waals surface area (Å²) >= 11 is 6.35. The van der Waals surface area contributed by atoms with Gasteiger partial charge in [0.15, 0.2) is 11.5 Å².